The van der Waals surface area contributed by atoms with Gasteiger partial charge in [0.15, 0.2) is 5.82 Å². The number of aliphatic hydroxyl groups excluding tert-OH is 1. The van der Waals surface area contributed by atoms with Crippen molar-refractivity contribution in [3.05, 3.63) is 70.5 Å². The highest BCUT2D eigenvalue weighted by molar-refractivity contribution is 5.75. The number of Topliss-reactive ketones (excluding diaryl/α,β-unsaturated/α-hetero) is 1. The lowest BCUT2D eigenvalue weighted by atomic mass is 10.1. The standard InChI is InChI=1S/C21H22N4O5/c1-15(26)2-3-16-4-10-20(11-5-16)30-13-19(27)12-24-14-22-21(23-24)17-6-8-18(9-7-17)25(28)29/h4-11,14,19,27H,2-3,12-13H2,1H3. The molecule has 0 aliphatic heterocycles. The van der Waals surface area contributed by atoms with Gasteiger partial charge in [-0.3, -0.25) is 10.1 Å². The lowest BCUT2D eigenvalue weighted by Gasteiger charge is -2.12. The molecule has 0 amide bonds. The highest BCUT2D eigenvalue weighted by Crippen LogP contribution is 2.19. The van der Waals surface area contributed by atoms with Crippen molar-refractivity contribution in [3.8, 4) is 17.1 Å². The van der Waals surface area contributed by atoms with Crippen LogP contribution in [-0.4, -0.2) is 43.3 Å². The second-order valence-electron chi connectivity index (χ2n) is 6.90. The molecule has 2 aromatic carbocycles. The number of non-ortho nitro benzene ring substituents is 1. The van der Waals surface area contributed by atoms with Gasteiger partial charge < -0.3 is 14.6 Å². The smallest absolute Gasteiger partial charge is 0.269 e. The molecule has 0 radical (unpaired) electrons. The number of rotatable bonds is 10. The van der Waals surface area contributed by atoms with Crippen LogP contribution in [0, 0.1) is 10.1 Å². The van der Waals surface area contributed by atoms with E-state index in [0.717, 1.165) is 5.56 Å². The Kier molecular flexibility index (Phi) is 6.87. The maximum Gasteiger partial charge on any atom is 0.269 e. The largest absolute Gasteiger partial charge is 0.491 e. The average molecular weight is 410 g/mol. The maximum absolute atomic E-state index is 11.0. The molecule has 0 saturated heterocycles. The van der Waals surface area contributed by atoms with E-state index in [-0.39, 0.29) is 24.6 Å². The Morgan fingerprint density at radius 1 is 1.20 bits per heavy atom. The van der Waals surface area contributed by atoms with Gasteiger partial charge in [-0.05, 0) is 43.2 Å². The van der Waals surface area contributed by atoms with Crippen molar-refractivity contribution in [2.75, 3.05) is 6.61 Å². The van der Waals surface area contributed by atoms with Crippen LogP contribution < -0.4 is 4.74 Å². The van der Waals surface area contributed by atoms with Crippen LogP contribution in [0.3, 0.4) is 0 Å². The summed E-state index contributed by atoms with van der Waals surface area (Å²) in [5.74, 6) is 1.20. The zero-order valence-corrected chi connectivity index (χ0v) is 16.5. The molecular formula is C21H22N4O5. The molecule has 0 aliphatic rings. The van der Waals surface area contributed by atoms with Crippen LogP contribution in [0.1, 0.15) is 18.9 Å². The van der Waals surface area contributed by atoms with Crippen LogP contribution in [-0.2, 0) is 17.8 Å². The maximum atomic E-state index is 11.0. The fourth-order valence-corrected chi connectivity index (χ4v) is 2.78. The third kappa shape index (κ3) is 5.95. The molecule has 1 unspecified atom stereocenters. The zero-order chi connectivity index (χ0) is 21.5. The summed E-state index contributed by atoms with van der Waals surface area (Å²) in [6, 6.07) is 13.4. The van der Waals surface area contributed by atoms with Crippen LogP contribution in [0.15, 0.2) is 54.9 Å². The van der Waals surface area contributed by atoms with E-state index in [1.165, 1.54) is 23.1 Å². The molecule has 0 bridgehead atoms. The van der Waals surface area contributed by atoms with Gasteiger partial charge in [0, 0.05) is 24.1 Å². The van der Waals surface area contributed by atoms with E-state index in [1.54, 1.807) is 19.1 Å². The highest BCUT2D eigenvalue weighted by Gasteiger charge is 2.11. The first-order valence-corrected chi connectivity index (χ1v) is 9.44. The number of ether oxygens (including phenoxy) is 1. The number of carbonyl (C=O) groups excluding carboxylic acids is 1. The molecule has 1 aromatic heterocycles. The van der Waals surface area contributed by atoms with Gasteiger partial charge in [-0.15, -0.1) is 0 Å². The molecule has 0 aliphatic carbocycles. The number of nitro benzene ring substituents is 1. The number of hydrogen-bond donors (Lipinski definition) is 1. The van der Waals surface area contributed by atoms with Gasteiger partial charge in [-0.1, -0.05) is 12.1 Å². The van der Waals surface area contributed by atoms with Crippen molar-refractivity contribution in [1.82, 2.24) is 14.8 Å². The van der Waals surface area contributed by atoms with E-state index in [1.807, 2.05) is 24.3 Å². The lowest BCUT2D eigenvalue weighted by molar-refractivity contribution is -0.384. The lowest BCUT2D eigenvalue weighted by Crippen LogP contribution is -2.23. The SMILES string of the molecule is CC(=O)CCc1ccc(OCC(O)Cn2cnc(-c3ccc([N+](=O)[O-])cc3)n2)cc1. The minimum Gasteiger partial charge on any atom is -0.491 e. The van der Waals surface area contributed by atoms with Crippen LogP contribution in [0.5, 0.6) is 5.75 Å². The molecule has 9 heteroatoms. The van der Waals surface area contributed by atoms with Crippen molar-refractivity contribution in [2.45, 2.75) is 32.4 Å². The summed E-state index contributed by atoms with van der Waals surface area (Å²) in [4.78, 5) is 25.5. The fraction of sp³-hybridized carbons (Fsp3) is 0.286. The predicted octanol–water partition coefficient (Wildman–Crippen LogP) is 2.81. The second kappa shape index (κ2) is 9.75. The fourth-order valence-electron chi connectivity index (χ4n) is 2.78. The van der Waals surface area contributed by atoms with Crippen molar-refractivity contribution in [2.24, 2.45) is 0 Å². The number of hydrogen-bond acceptors (Lipinski definition) is 7. The molecule has 3 aromatic rings. The molecule has 0 fully saturated rings. The zero-order valence-electron chi connectivity index (χ0n) is 16.5. The van der Waals surface area contributed by atoms with E-state index in [2.05, 4.69) is 10.1 Å². The van der Waals surface area contributed by atoms with E-state index in [4.69, 9.17) is 4.74 Å². The van der Waals surface area contributed by atoms with Crippen molar-refractivity contribution in [1.29, 1.82) is 0 Å². The molecule has 1 atom stereocenters. The van der Waals surface area contributed by atoms with Gasteiger partial charge in [0.25, 0.3) is 5.69 Å². The Labute approximate surface area is 173 Å². The minimum atomic E-state index is -0.797. The topological polar surface area (TPSA) is 120 Å². The Bertz CT molecular complexity index is 999. The average Bonchev–Trinajstić information content (AvgIpc) is 3.20. The van der Waals surface area contributed by atoms with Crippen LogP contribution in [0.4, 0.5) is 5.69 Å². The summed E-state index contributed by atoms with van der Waals surface area (Å²) < 4.78 is 7.10. The van der Waals surface area contributed by atoms with E-state index in [0.29, 0.717) is 30.0 Å². The Morgan fingerprint density at radius 2 is 1.90 bits per heavy atom. The van der Waals surface area contributed by atoms with E-state index in [9.17, 15) is 20.0 Å². The number of aromatic nitrogens is 3. The molecule has 30 heavy (non-hydrogen) atoms. The molecule has 156 valence electrons. The van der Waals surface area contributed by atoms with Crippen molar-refractivity contribution in [3.63, 3.8) is 0 Å². The number of aliphatic hydroxyl groups is 1. The third-order valence-electron chi connectivity index (χ3n) is 4.40. The molecule has 1 heterocycles. The second-order valence-corrected chi connectivity index (χ2v) is 6.90. The van der Waals surface area contributed by atoms with Gasteiger partial charge in [0.05, 0.1) is 11.5 Å². The number of aryl methyl sites for hydroxylation is 1. The van der Waals surface area contributed by atoms with Crippen molar-refractivity contribution < 1.29 is 19.6 Å². The molecule has 9 nitrogen and oxygen atoms in total. The monoisotopic (exact) mass is 410 g/mol. The summed E-state index contributed by atoms with van der Waals surface area (Å²) in [7, 11) is 0. The number of nitro groups is 1. The van der Waals surface area contributed by atoms with E-state index >= 15 is 0 Å². The summed E-state index contributed by atoms with van der Waals surface area (Å²) in [5.41, 5.74) is 1.70. The number of ketones is 1. The summed E-state index contributed by atoms with van der Waals surface area (Å²) in [5, 5.41) is 25.2. The Hall–Kier alpha value is -3.59. The molecule has 3 rings (SSSR count). The summed E-state index contributed by atoms with van der Waals surface area (Å²) >= 11 is 0. The highest BCUT2D eigenvalue weighted by atomic mass is 16.6. The number of nitrogens with zero attached hydrogens (tertiary/aromatic N) is 4. The van der Waals surface area contributed by atoms with Gasteiger partial charge >= 0.3 is 0 Å². The van der Waals surface area contributed by atoms with Crippen LogP contribution >= 0.6 is 0 Å². The van der Waals surface area contributed by atoms with Gasteiger partial charge in [0.2, 0.25) is 0 Å². The Morgan fingerprint density at radius 3 is 2.53 bits per heavy atom. The first-order valence-electron chi connectivity index (χ1n) is 9.44. The first kappa shape index (κ1) is 21.1. The predicted molar refractivity (Wildman–Crippen MR) is 109 cm³/mol. The minimum absolute atomic E-state index is 0.00219. The summed E-state index contributed by atoms with van der Waals surface area (Å²) in [6.07, 6.45) is 1.90. The van der Waals surface area contributed by atoms with Crippen molar-refractivity contribution >= 4 is 11.5 Å². The quantitative estimate of drug-likeness (QED) is 0.403. The first-order chi connectivity index (χ1) is 14.4. The van der Waals surface area contributed by atoms with Crippen LogP contribution in [0.25, 0.3) is 11.4 Å². The third-order valence-corrected chi connectivity index (χ3v) is 4.40. The summed E-state index contributed by atoms with van der Waals surface area (Å²) in [6.45, 7) is 1.85. The van der Waals surface area contributed by atoms with E-state index < -0.39 is 11.0 Å². The van der Waals surface area contributed by atoms with Gasteiger partial charge in [0.1, 0.15) is 30.6 Å². The molecule has 0 saturated carbocycles. The van der Waals surface area contributed by atoms with Crippen LogP contribution in [0.2, 0.25) is 0 Å². The normalized spacial score (nSPS) is 11.8. The molecule has 0 spiro atoms. The van der Waals surface area contributed by atoms with Gasteiger partial charge in [-0.25, -0.2) is 9.67 Å². The molecular weight excluding hydrogens is 388 g/mol. The Balaban J connectivity index is 1.50. The van der Waals surface area contributed by atoms with Gasteiger partial charge in [-0.2, -0.15) is 5.10 Å². The number of benzene rings is 2. The molecule has 1 N–H and O–H groups in total. The number of carbonyl (C=O) groups is 1.